The molecule has 0 bridgehead atoms. The van der Waals surface area contributed by atoms with Gasteiger partial charge in [-0.25, -0.2) is 0 Å². The van der Waals surface area contributed by atoms with Crippen molar-refractivity contribution in [1.82, 2.24) is 30.7 Å². The van der Waals surface area contributed by atoms with Crippen molar-refractivity contribution in [2.75, 3.05) is 18.4 Å². The molecule has 150 valence electrons. The monoisotopic (exact) mass is 395 g/mol. The van der Waals surface area contributed by atoms with Crippen molar-refractivity contribution in [3.63, 3.8) is 0 Å². The Morgan fingerprint density at radius 2 is 2.07 bits per heavy atom. The predicted octanol–water partition coefficient (Wildman–Crippen LogP) is -0.135. The summed E-state index contributed by atoms with van der Waals surface area (Å²) in [4.78, 5) is 42.7. The van der Waals surface area contributed by atoms with Crippen molar-refractivity contribution in [3.05, 3.63) is 40.7 Å². The Bertz CT molecular complexity index is 997. The number of aromatic nitrogens is 3. The molecule has 5 rings (SSSR count). The number of nitrogens with one attached hydrogen (secondary N) is 4. The van der Waals surface area contributed by atoms with E-state index in [-0.39, 0.29) is 18.2 Å². The lowest BCUT2D eigenvalue weighted by Crippen LogP contribution is -2.52. The van der Waals surface area contributed by atoms with Crippen molar-refractivity contribution < 1.29 is 14.4 Å². The number of aromatic amines is 1. The second-order valence-electron chi connectivity index (χ2n) is 7.60. The Balaban J connectivity index is 1.31. The van der Waals surface area contributed by atoms with Gasteiger partial charge < -0.3 is 15.5 Å². The maximum atomic E-state index is 13.1. The number of amides is 3. The van der Waals surface area contributed by atoms with Crippen LogP contribution in [0.15, 0.2) is 18.2 Å². The zero-order chi connectivity index (χ0) is 20.0. The number of hydrogen-bond acceptors (Lipinski definition) is 7. The highest BCUT2D eigenvalue weighted by atomic mass is 16.2. The molecule has 3 aliphatic rings. The standard InChI is InChI=1S/C19H21N7O3/c27-14-5-4-13(17(28)22-14)26-9-11-3-1-2-10(15(11)18(26)29)8-21-19-23-16(24-25-19)12-6-20-7-12/h1-3,12-13,20H,4-9H2,(H,22,27,28)(H2,21,23,24,25). The van der Waals surface area contributed by atoms with Crippen LogP contribution in [0.1, 0.15) is 46.1 Å². The maximum absolute atomic E-state index is 13.1. The number of H-pyrrole nitrogens is 1. The molecule has 29 heavy (non-hydrogen) atoms. The lowest BCUT2D eigenvalue weighted by molar-refractivity contribution is -0.136. The lowest BCUT2D eigenvalue weighted by atomic mass is 10.0. The van der Waals surface area contributed by atoms with Crippen molar-refractivity contribution in [2.24, 2.45) is 0 Å². The summed E-state index contributed by atoms with van der Waals surface area (Å²) in [6, 6.07) is 5.08. The van der Waals surface area contributed by atoms with Gasteiger partial charge in [-0.3, -0.25) is 24.8 Å². The van der Waals surface area contributed by atoms with Gasteiger partial charge in [0.15, 0.2) is 0 Å². The Labute approximate surface area is 166 Å². The highest BCUT2D eigenvalue weighted by Gasteiger charge is 2.39. The first kappa shape index (κ1) is 17.8. The van der Waals surface area contributed by atoms with Gasteiger partial charge in [-0.15, -0.1) is 5.10 Å². The molecular formula is C19H21N7O3. The minimum Gasteiger partial charge on any atom is -0.349 e. The Morgan fingerprint density at radius 1 is 1.21 bits per heavy atom. The van der Waals surface area contributed by atoms with Gasteiger partial charge in [0.25, 0.3) is 5.91 Å². The molecule has 4 heterocycles. The molecule has 2 fully saturated rings. The number of nitrogens with zero attached hydrogens (tertiary/aromatic N) is 3. The Kier molecular flexibility index (Phi) is 4.27. The summed E-state index contributed by atoms with van der Waals surface area (Å²) in [5, 5.41) is 15.9. The van der Waals surface area contributed by atoms with Gasteiger partial charge in [-0.1, -0.05) is 18.2 Å². The number of carbonyl (C=O) groups is 3. The molecule has 0 saturated carbocycles. The van der Waals surface area contributed by atoms with Crippen LogP contribution in [0.4, 0.5) is 5.95 Å². The molecule has 4 N–H and O–H groups in total. The fraction of sp³-hybridized carbons (Fsp3) is 0.421. The molecular weight excluding hydrogens is 374 g/mol. The quantitative estimate of drug-likeness (QED) is 0.518. The topological polar surface area (TPSA) is 132 Å². The number of carbonyl (C=O) groups excluding carboxylic acids is 3. The number of hydrogen-bond donors (Lipinski definition) is 4. The Hall–Kier alpha value is -3.27. The maximum Gasteiger partial charge on any atom is 0.255 e. The van der Waals surface area contributed by atoms with E-state index in [2.05, 4.69) is 31.1 Å². The molecule has 1 aromatic heterocycles. The van der Waals surface area contributed by atoms with Gasteiger partial charge in [-0.2, -0.15) is 4.98 Å². The van der Waals surface area contributed by atoms with E-state index in [1.165, 1.54) is 0 Å². The van der Waals surface area contributed by atoms with Crippen LogP contribution >= 0.6 is 0 Å². The molecule has 1 aromatic carbocycles. The fourth-order valence-corrected chi connectivity index (χ4v) is 4.03. The van der Waals surface area contributed by atoms with E-state index in [0.717, 1.165) is 30.0 Å². The molecule has 0 spiro atoms. The van der Waals surface area contributed by atoms with E-state index in [0.29, 0.717) is 36.9 Å². The molecule has 1 atom stereocenters. The van der Waals surface area contributed by atoms with E-state index < -0.39 is 11.9 Å². The smallest absolute Gasteiger partial charge is 0.255 e. The summed E-state index contributed by atoms with van der Waals surface area (Å²) in [6.07, 6.45) is 0.600. The van der Waals surface area contributed by atoms with Gasteiger partial charge in [0, 0.05) is 44.1 Å². The molecule has 3 amide bonds. The zero-order valence-corrected chi connectivity index (χ0v) is 15.7. The highest BCUT2D eigenvalue weighted by molar-refractivity contribution is 6.06. The highest BCUT2D eigenvalue weighted by Crippen LogP contribution is 2.30. The first-order valence-corrected chi connectivity index (χ1v) is 9.72. The molecule has 0 radical (unpaired) electrons. The largest absolute Gasteiger partial charge is 0.349 e. The number of anilines is 1. The summed E-state index contributed by atoms with van der Waals surface area (Å²) in [5.74, 6) is 0.845. The van der Waals surface area contributed by atoms with Crippen LogP contribution in [-0.4, -0.2) is 56.9 Å². The minimum absolute atomic E-state index is 0.178. The molecule has 1 unspecified atom stereocenters. The van der Waals surface area contributed by atoms with Crippen molar-refractivity contribution in [2.45, 2.75) is 37.9 Å². The van der Waals surface area contributed by atoms with Crippen molar-refractivity contribution >= 4 is 23.7 Å². The third kappa shape index (κ3) is 3.15. The van der Waals surface area contributed by atoms with E-state index >= 15 is 0 Å². The van der Waals surface area contributed by atoms with E-state index in [9.17, 15) is 14.4 Å². The summed E-state index contributed by atoms with van der Waals surface area (Å²) in [6.45, 7) is 2.56. The third-order valence-electron chi connectivity index (χ3n) is 5.75. The SMILES string of the molecule is O=C1CCC(N2Cc3cccc(CNc4n[nH]c(C5CNC5)n4)c3C2=O)C(=O)N1. The van der Waals surface area contributed by atoms with Crippen LogP contribution in [0, 0.1) is 0 Å². The molecule has 2 saturated heterocycles. The fourth-order valence-electron chi connectivity index (χ4n) is 4.03. The van der Waals surface area contributed by atoms with E-state index in [4.69, 9.17) is 0 Å². The lowest BCUT2D eigenvalue weighted by Gasteiger charge is -2.29. The average Bonchev–Trinajstić information content (AvgIpc) is 3.24. The van der Waals surface area contributed by atoms with Crippen LogP contribution in [0.2, 0.25) is 0 Å². The number of piperidine rings is 1. The average molecular weight is 395 g/mol. The van der Waals surface area contributed by atoms with Crippen molar-refractivity contribution in [3.8, 4) is 0 Å². The zero-order valence-electron chi connectivity index (χ0n) is 15.7. The Morgan fingerprint density at radius 3 is 2.83 bits per heavy atom. The van der Waals surface area contributed by atoms with Crippen LogP contribution in [0.3, 0.4) is 0 Å². The van der Waals surface area contributed by atoms with Crippen LogP contribution in [0.5, 0.6) is 0 Å². The van der Waals surface area contributed by atoms with Crippen LogP contribution in [0.25, 0.3) is 0 Å². The first-order valence-electron chi connectivity index (χ1n) is 9.72. The summed E-state index contributed by atoms with van der Waals surface area (Å²) < 4.78 is 0. The van der Waals surface area contributed by atoms with Gasteiger partial charge in [0.1, 0.15) is 11.9 Å². The van der Waals surface area contributed by atoms with Crippen LogP contribution < -0.4 is 16.0 Å². The normalized spacial score (nSPS) is 21.7. The van der Waals surface area contributed by atoms with Gasteiger partial charge in [-0.05, 0) is 17.5 Å². The molecule has 3 aliphatic heterocycles. The van der Waals surface area contributed by atoms with Crippen molar-refractivity contribution in [1.29, 1.82) is 0 Å². The molecule has 10 heteroatoms. The third-order valence-corrected chi connectivity index (χ3v) is 5.75. The number of fused-ring (bicyclic) bond motifs is 1. The number of rotatable bonds is 5. The van der Waals surface area contributed by atoms with E-state index in [1.807, 2.05) is 18.2 Å². The van der Waals surface area contributed by atoms with Crippen LogP contribution in [-0.2, 0) is 22.7 Å². The summed E-state index contributed by atoms with van der Waals surface area (Å²) >= 11 is 0. The predicted molar refractivity (Wildman–Crippen MR) is 102 cm³/mol. The molecule has 2 aromatic rings. The molecule has 10 nitrogen and oxygen atoms in total. The minimum atomic E-state index is -0.611. The van der Waals surface area contributed by atoms with E-state index in [1.54, 1.807) is 4.90 Å². The number of benzene rings is 1. The van der Waals surface area contributed by atoms with Gasteiger partial charge in [0.2, 0.25) is 17.8 Å². The number of imide groups is 1. The second kappa shape index (κ2) is 6.96. The summed E-state index contributed by atoms with van der Waals surface area (Å²) in [7, 11) is 0. The van der Waals surface area contributed by atoms with Gasteiger partial charge in [0.05, 0.1) is 0 Å². The second-order valence-corrected chi connectivity index (χ2v) is 7.60. The first-order chi connectivity index (χ1) is 14.1. The molecule has 0 aliphatic carbocycles. The van der Waals surface area contributed by atoms with Gasteiger partial charge >= 0.3 is 0 Å². The summed E-state index contributed by atoms with van der Waals surface area (Å²) in [5.41, 5.74) is 2.33.